The Kier molecular flexibility index (Phi) is 3.02. The number of hydrogen-bond acceptors (Lipinski definition) is 2. The zero-order valence-corrected chi connectivity index (χ0v) is 8.28. The molecule has 11 heavy (non-hydrogen) atoms. The summed E-state index contributed by atoms with van der Waals surface area (Å²) in [7, 11) is -1.05. The summed E-state index contributed by atoms with van der Waals surface area (Å²) in [6, 6.07) is 3.58. The molecule has 0 aliphatic carbocycles. The Morgan fingerprint density at radius 3 is 3.00 bits per heavy atom. The highest BCUT2D eigenvalue weighted by Gasteiger charge is 1.98. The summed E-state index contributed by atoms with van der Waals surface area (Å²) >= 11 is 3.22. The molecule has 3 nitrogen and oxygen atoms in total. The molecule has 0 radical (unpaired) electrons. The molecular weight excluding hydrogens is 228 g/mol. The minimum atomic E-state index is -1.05. The maximum Gasteiger partial charge on any atom is 0.130 e. The number of pyridine rings is 1. The highest BCUT2D eigenvalue weighted by Crippen LogP contribution is 2.17. The zero-order chi connectivity index (χ0) is 8.27. The fourth-order valence-corrected chi connectivity index (χ4v) is 1.57. The van der Waals surface area contributed by atoms with Gasteiger partial charge < -0.3 is 4.72 Å². The van der Waals surface area contributed by atoms with Crippen LogP contribution in [0.3, 0.4) is 0 Å². The third-order valence-corrected chi connectivity index (χ3v) is 2.15. The Balaban J connectivity index is 2.86. The first-order valence-electron chi connectivity index (χ1n) is 2.91. The van der Waals surface area contributed by atoms with Crippen LogP contribution in [-0.4, -0.2) is 15.4 Å². The van der Waals surface area contributed by atoms with Gasteiger partial charge in [0.2, 0.25) is 0 Å². The molecule has 60 valence electrons. The molecule has 1 aromatic rings. The Bertz CT molecular complexity index is 279. The topological polar surface area (TPSA) is 42.0 Å². The van der Waals surface area contributed by atoms with Crippen LogP contribution in [0.15, 0.2) is 22.9 Å². The maximum atomic E-state index is 10.7. The van der Waals surface area contributed by atoms with Crippen LogP contribution in [0.4, 0.5) is 5.69 Å². The quantitative estimate of drug-likeness (QED) is 0.790. The Morgan fingerprint density at radius 1 is 1.73 bits per heavy atom. The van der Waals surface area contributed by atoms with E-state index in [2.05, 4.69) is 25.6 Å². The molecule has 1 unspecified atom stereocenters. The Hall–Kier alpha value is -0.420. The van der Waals surface area contributed by atoms with Crippen molar-refractivity contribution in [3.05, 3.63) is 22.9 Å². The standard InChI is InChI=1S/C6H7BrN2OS/c1-11(10)9-5-3-2-4-8-6(5)7/h2-4,9H,1H3. The normalized spacial score (nSPS) is 12.5. The number of halogens is 1. The molecule has 0 fully saturated rings. The van der Waals surface area contributed by atoms with Gasteiger partial charge in [-0.15, -0.1) is 0 Å². The van der Waals surface area contributed by atoms with Crippen LogP contribution in [0.1, 0.15) is 0 Å². The summed E-state index contributed by atoms with van der Waals surface area (Å²) in [6.45, 7) is 0. The highest BCUT2D eigenvalue weighted by atomic mass is 79.9. The molecule has 0 aliphatic rings. The number of anilines is 1. The molecule has 0 bridgehead atoms. The van der Waals surface area contributed by atoms with Crippen LogP contribution in [0, 0.1) is 0 Å². The van der Waals surface area contributed by atoms with Crippen molar-refractivity contribution in [1.29, 1.82) is 0 Å². The molecule has 0 saturated carbocycles. The second kappa shape index (κ2) is 3.82. The Morgan fingerprint density at radius 2 is 2.45 bits per heavy atom. The predicted molar refractivity (Wildman–Crippen MR) is 49.6 cm³/mol. The fourth-order valence-electron chi connectivity index (χ4n) is 0.617. The van der Waals surface area contributed by atoms with E-state index in [1.165, 1.54) is 0 Å². The average Bonchev–Trinajstić information content (AvgIpc) is 1.93. The molecule has 1 rings (SSSR count). The van der Waals surface area contributed by atoms with Gasteiger partial charge in [0.25, 0.3) is 0 Å². The van der Waals surface area contributed by atoms with Crippen molar-refractivity contribution in [2.45, 2.75) is 0 Å². The fraction of sp³-hybridized carbons (Fsp3) is 0.167. The lowest BCUT2D eigenvalue weighted by Gasteiger charge is -2.02. The molecule has 1 atom stereocenters. The smallest absolute Gasteiger partial charge is 0.130 e. The number of aromatic nitrogens is 1. The molecule has 1 N–H and O–H groups in total. The molecule has 0 spiro atoms. The second-order valence-electron chi connectivity index (χ2n) is 1.90. The lowest BCUT2D eigenvalue weighted by molar-refractivity contribution is 0.690. The molecular formula is C6H7BrN2OS. The van der Waals surface area contributed by atoms with Crippen LogP contribution in [0.5, 0.6) is 0 Å². The third kappa shape index (κ3) is 2.59. The van der Waals surface area contributed by atoms with Crippen LogP contribution in [-0.2, 0) is 11.0 Å². The van der Waals surface area contributed by atoms with E-state index < -0.39 is 11.0 Å². The summed E-state index contributed by atoms with van der Waals surface area (Å²) in [5, 5.41) is 0. The summed E-state index contributed by atoms with van der Waals surface area (Å²) in [4.78, 5) is 3.95. The minimum absolute atomic E-state index is 0.676. The van der Waals surface area contributed by atoms with E-state index in [1.54, 1.807) is 24.6 Å². The van der Waals surface area contributed by atoms with Gasteiger partial charge in [-0.2, -0.15) is 0 Å². The van der Waals surface area contributed by atoms with Crippen molar-refractivity contribution in [1.82, 2.24) is 4.98 Å². The molecule has 0 amide bonds. The average molecular weight is 235 g/mol. The van der Waals surface area contributed by atoms with Gasteiger partial charge in [0, 0.05) is 12.5 Å². The summed E-state index contributed by atoms with van der Waals surface area (Å²) < 4.78 is 14.1. The van der Waals surface area contributed by atoms with E-state index in [0.717, 1.165) is 5.69 Å². The summed E-state index contributed by atoms with van der Waals surface area (Å²) in [5.41, 5.74) is 0.744. The molecule has 0 saturated heterocycles. The number of rotatable bonds is 2. The first kappa shape index (κ1) is 8.67. The molecule has 1 heterocycles. The first-order valence-corrected chi connectivity index (χ1v) is 5.26. The van der Waals surface area contributed by atoms with Crippen molar-refractivity contribution < 1.29 is 4.21 Å². The number of hydrogen-bond donors (Lipinski definition) is 1. The minimum Gasteiger partial charge on any atom is -0.303 e. The van der Waals surface area contributed by atoms with Gasteiger partial charge in [-0.25, -0.2) is 9.19 Å². The summed E-state index contributed by atoms with van der Waals surface area (Å²) in [5.74, 6) is 0. The molecule has 5 heteroatoms. The number of nitrogens with one attached hydrogen (secondary N) is 1. The van der Waals surface area contributed by atoms with E-state index in [-0.39, 0.29) is 0 Å². The van der Waals surface area contributed by atoms with E-state index in [0.29, 0.717) is 4.60 Å². The van der Waals surface area contributed by atoms with Crippen molar-refractivity contribution in [3.8, 4) is 0 Å². The van der Waals surface area contributed by atoms with Crippen molar-refractivity contribution in [2.75, 3.05) is 11.0 Å². The van der Waals surface area contributed by atoms with E-state index in [4.69, 9.17) is 0 Å². The van der Waals surface area contributed by atoms with Gasteiger partial charge in [0.15, 0.2) is 0 Å². The first-order chi connectivity index (χ1) is 5.20. The van der Waals surface area contributed by atoms with Crippen molar-refractivity contribution in [2.24, 2.45) is 0 Å². The van der Waals surface area contributed by atoms with Gasteiger partial charge in [-0.1, -0.05) is 0 Å². The Labute approximate surface area is 75.9 Å². The monoisotopic (exact) mass is 234 g/mol. The van der Waals surface area contributed by atoms with Crippen LogP contribution >= 0.6 is 15.9 Å². The van der Waals surface area contributed by atoms with Gasteiger partial charge in [-0.05, 0) is 28.1 Å². The third-order valence-electron chi connectivity index (χ3n) is 1.01. The van der Waals surface area contributed by atoms with E-state index in [1.807, 2.05) is 0 Å². The maximum absolute atomic E-state index is 10.7. The van der Waals surface area contributed by atoms with Gasteiger partial charge >= 0.3 is 0 Å². The second-order valence-corrected chi connectivity index (χ2v) is 3.76. The lowest BCUT2D eigenvalue weighted by Crippen LogP contribution is -2.01. The van der Waals surface area contributed by atoms with Gasteiger partial charge in [-0.3, -0.25) is 0 Å². The van der Waals surface area contributed by atoms with Crippen LogP contribution in [0.2, 0.25) is 0 Å². The van der Waals surface area contributed by atoms with Crippen LogP contribution < -0.4 is 4.72 Å². The SMILES string of the molecule is CS(=O)Nc1cccnc1Br. The van der Waals surface area contributed by atoms with Crippen molar-refractivity contribution >= 4 is 32.6 Å². The highest BCUT2D eigenvalue weighted by molar-refractivity contribution is 9.10. The van der Waals surface area contributed by atoms with Crippen molar-refractivity contribution in [3.63, 3.8) is 0 Å². The summed E-state index contributed by atoms with van der Waals surface area (Å²) in [6.07, 6.45) is 3.23. The van der Waals surface area contributed by atoms with Gasteiger partial charge in [0.05, 0.1) is 5.69 Å². The molecule has 0 aliphatic heterocycles. The predicted octanol–water partition coefficient (Wildman–Crippen LogP) is 1.55. The van der Waals surface area contributed by atoms with Gasteiger partial charge in [0.1, 0.15) is 15.6 Å². The lowest BCUT2D eigenvalue weighted by atomic mass is 10.4. The largest absolute Gasteiger partial charge is 0.303 e. The molecule has 1 aromatic heterocycles. The number of nitrogens with zero attached hydrogens (tertiary/aromatic N) is 1. The van der Waals surface area contributed by atoms with E-state index in [9.17, 15) is 4.21 Å². The van der Waals surface area contributed by atoms with Crippen LogP contribution in [0.25, 0.3) is 0 Å². The zero-order valence-electron chi connectivity index (χ0n) is 5.87. The van der Waals surface area contributed by atoms with E-state index >= 15 is 0 Å². The molecule has 0 aromatic carbocycles.